The van der Waals surface area contributed by atoms with Gasteiger partial charge in [-0.3, -0.25) is 0 Å². The molecule has 0 aromatic heterocycles. The molecule has 0 aliphatic carbocycles. The van der Waals surface area contributed by atoms with E-state index in [0.29, 0.717) is 6.61 Å². The third kappa shape index (κ3) is 4.77. The van der Waals surface area contributed by atoms with Crippen LogP contribution in [0.15, 0.2) is 25.0 Å². The van der Waals surface area contributed by atoms with Gasteiger partial charge in [0.05, 0.1) is 12.3 Å². The Hall–Kier alpha value is -1.23. The number of allylic oxidation sites excluding steroid dienone is 1. The van der Waals surface area contributed by atoms with Crippen LogP contribution >= 0.6 is 0 Å². The van der Waals surface area contributed by atoms with E-state index >= 15 is 0 Å². The summed E-state index contributed by atoms with van der Waals surface area (Å²) in [6.45, 7) is 3.75. The molecule has 0 heterocycles. The zero-order valence-corrected chi connectivity index (χ0v) is 4.50. The molecule has 2 nitrogen and oxygen atoms in total. The lowest BCUT2D eigenvalue weighted by Gasteiger charge is -1.87. The van der Waals surface area contributed by atoms with Crippen molar-refractivity contribution in [3.05, 3.63) is 25.0 Å². The van der Waals surface area contributed by atoms with Crippen molar-refractivity contribution >= 4 is 0 Å². The van der Waals surface area contributed by atoms with Crippen LogP contribution in [0.2, 0.25) is 0 Å². The van der Waals surface area contributed by atoms with E-state index in [1.807, 2.05) is 6.07 Å². The third-order valence-corrected chi connectivity index (χ3v) is 0.503. The first-order valence-corrected chi connectivity index (χ1v) is 2.19. The van der Waals surface area contributed by atoms with Gasteiger partial charge >= 0.3 is 0 Å². The second-order valence-electron chi connectivity index (χ2n) is 1.03. The molecule has 0 aromatic rings. The molecule has 0 aliphatic rings. The number of nitrogens with zero attached hydrogens (tertiary/aromatic N) is 1. The first-order chi connectivity index (χ1) is 3.91. The van der Waals surface area contributed by atoms with Crippen molar-refractivity contribution < 1.29 is 4.74 Å². The minimum absolute atomic E-state index is 0.428. The topological polar surface area (TPSA) is 33.0 Å². The molecule has 0 unspecified atom stereocenters. The van der Waals surface area contributed by atoms with Crippen molar-refractivity contribution in [2.24, 2.45) is 0 Å². The number of hydrogen-bond donors (Lipinski definition) is 0. The maximum absolute atomic E-state index is 7.95. The van der Waals surface area contributed by atoms with Crippen molar-refractivity contribution in [3.63, 3.8) is 0 Å². The van der Waals surface area contributed by atoms with Gasteiger partial charge in [0.15, 0.2) is 0 Å². The molecule has 0 rings (SSSR count). The van der Waals surface area contributed by atoms with Gasteiger partial charge in [-0.05, 0) is 6.08 Å². The van der Waals surface area contributed by atoms with Crippen LogP contribution in [0.1, 0.15) is 0 Å². The fourth-order valence-corrected chi connectivity index (χ4v) is 0.224. The van der Waals surface area contributed by atoms with Crippen LogP contribution in [0.5, 0.6) is 0 Å². The fourth-order valence-electron chi connectivity index (χ4n) is 0.224. The normalized spacial score (nSPS) is 8.38. The van der Waals surface area contributed by atoms with Crippen LogP contribution in [0.4, 0.5) is 0 Å². The highest BCUT2D eigenvalue weighted by atomic mass is 16.5. The predicted octanol–water partition coefficient (Wildman–Crippen LogP) is 1.23. The van der Waals surface area contributed by atoms with Gasteiger partial charge in [-0.1, -0.05) is 6.58 Å². The van der Waals surface area contributed by atoms with Gasteiger partial charge in [0.1, 0.15) is 6.61 Å². The molecule has 0 aliphatic heterocycles. The minimum atomic E-state index is 0.428. The lowest BCUT2D eigenvalue weighted by molar-refractivity contribution is 0.291. The highest BCUT2D eigenvalue weighted by molar-refractivity contribution is 5.01. The summed E-state index contributed by atoms with van der Waals surface area (Å²) in [5, 5.41) is 7.95. The first kappa shape index (κ1) is 6.77. The van der Waals surface area contributed by atoms with Crippen LogP contribution in [0.3, 0.4) is 0 Å². The summed E-state index contributed by atoms with van der Waals surface area (Å²) >= 11 is 0. The van der Waals surface area contributed by atoms with Crippen molar-refractivity contribution in [1.29, 1.82) is 5.26 Å². The molecular weight excluding hydrogens is 102 g/mol. The van der Waals surface area contributed by atoms with Gasteiger partial charge in [-0.2, -0.15) is 5.26 Å². The van der Waals surface area contributed by atoms with E-state index in [1.165, 1.54) is 12.3 Å². The molecule has 42 valence electrons. The Kier molecular flexibility index (Phi) is 4.88. The van der Waals surface area contributed by atoms with E-state index < -0.39 is 0 Å². The lowest BCUT2D eigenvalue weighted by atomic mass is 10.5. The number of hydrogen-bond acceptors (Lipinski definition) is 2. The quantitative estimate of drug-likeness (QED) is 0.310. The van der Waals surface area contributed by atoms with Crippen molar-refractivity contribution in [3.8, 4) is 6.07 Å². The molecule has 2 heteroatoms. The predicted molar refractivity (Wildman–Crippen MR) is 30.9 cm³/mol. The summed E-state index contributed by atoms with van der Waals surface area (Å²) in [4.78, 5) is 0. The Morgan fingerprint density at radius 2 is 2.50 bits per heavy atom. The molecule has 0 fully saturated rings. The molecule has 0 saturated heterocycles. The van der Waals surface area contributed by atoms with Crippen LogP contribution < -0.4 is 0 Å². The highest BCUT2D eigenvalue weighted by Crippen LogP contribution is 1.74. The third-order valence-electron chi connectivity index (χ3n) is 0.503. The molecular formula is C6H7NO. The van der Waals surface area contributed by atoms with Crippen LogP contribution in [-0.4, -0.2) is 6.61 Å². The van der Waals surface area contributed by atoms with Gasteiger partial charge in [-0.25, -0.2) is 0 Å². The smallest absolute Gasteiger partial charge is 0.106 e. The second-order valence-corrected chi connectivity index (χ2v) is 1.03. The first-order valence-electron chi connectivity index (χ1n) is 2.19. The summed E-state index contributed by atoms with van der Waals surface area (Å²) < 4.78 is 4.66. The second kappa shape index (κ2) is 5.77. The molecule has 0 bridgehead atoms. The van der Waals surface area contributed by atoms with E-state index in [4.69, 9.17) is 5.26 Å². The molecule has 0 spiro atoms. The lowest BCUT2D eigenvalue weighted by Crippen LogP contribution is -1.77. The number of ether oxygens (including phenoxy) is 1. The standard InChI is InChI=1S/C6H7NO/c1-2-8-6-4-3-5-7/h2-4H,1,6H2/b4-3-. The Labute approximate surface area is 48.7 Å². The Morgan fingerprint density at radius 1 is 1.75 bits per heavy atom. The number of nitriles is 1. The number of rotatable bonds is 3. The molecule has 0 aromatic carbocycles. The summed E-state index contributed by atoms with van der Waals surface area (Å²) in [6.07, 6.45) is 4.31. The maximum Gasteiger partial charge on any atom is 0.106 e. The molecule has 0 saturated carbocycles. The summed E-state index contributed by atoms with van der Waals surface area (Å²) in [7, 11) is 0. The zero-order valence-electron chi connectivity index (χ0n) is 4.50. The average molecular weight is 109 g/mol. The molecule has 0 amide bonds. The van der Waals surface area contributed by atoms with Gasteiger partial charge < -0.3 is 4.74 Å². The average Bonchev–Trinajstić information content (AvgIpc) is 1.81. The van der Waals surface area contributed by atoms with Crippen molar-refractivity contribution in [2.75, 3.05) is 6.61 Å². The van der Waals surface area contributed by atoms with Gasteiger partial charge in [-0.15, -0.1) is 0 Å². The molecule has 0 N–H and O–H groups in total. The SMILES string of the molecule is C=COC/C=C\C#N. The van der Waals surface area contributed by atoms with Crippen LogP contribution in [0, 0.1) is 11.3 Å². The summed E-state index contributed by atoms with van der Waals surface area (Å²) in [5.74, 6) is 0. The monoisotopic (exact) mass is 109 g/mol. The Morgan fingerprint density at radius 3 is 3.00 bits per heavy atom. The zero-order chi connectivity index (χ0) is 6.24. The van der Waals surface area contributed by atoms with E-state index in [1.54, 1.807) is 6.08 Å². The largest absolute Gasteiger partial charge is 0.498 e. The van der Waals surface area contributed by atoms with Gasteiger partial charge in [0.2, 0.25) is 0 Å². The van der Waals surface area contributed by atoms with Crippen LogP contribution in [0.25, 0.3) is 0 Å². The van der Waals surface area contributed by atoms with E-state index in [0.717, 1.165) is 0 Å². The summed E-state index contributed by atoms with van der Waals surface area (Å²) in [6, 6.07) is 1.83. The molecule has 0 radical (unpaired) electrons. The van der Waals surface area contributed by atoms with Crippen LogP contribution in [-0.2, 0) is 4.74 Å². The Balaban J connectivity index is 3.06. The van der Waals surface area contributed by atoms with Gasteiger partial charge in [0, 0.05) is 6.08 Å². The van der Waals surface area contributed by atoms with Crippen molar-refractivity contribution in [2.45, 2.75) is 0 Å². The highest BCUT2D eigenvalue weighted by Gasteiger charge is 1.67. The molecule has 8 heavy (non-hydrogen) atoms. The molecule has 0 atom stereocenters. The van der Waals surface area contributed by atoms with Gasteiger partial charge in [0.25, 0.3) is 0 Å². The van der Waals surface area contributed by atoms with E-state index in [-0.39, 0.29) is 0 Å². The van der Waals surface area contributed by atoms with Crippen molar-refractivity contribution in [1.82, 2.24) is 0 Å². The maximum atomic E-state index is 7.95. The summed E-state index contributed by atoms with van der Waals surface area (Å²) in [5.41, 5.74) is 0. The van der Waals surface area contributed by atoms with E-state index in [2.05, 4.69) is 11.3 Å². The fraction of sp³-hybridized carbons (Fsp3) is 0.167. The Bertz CT molecular complexity index is 121. The minimum Gasteiger partial charge on any atom is -0.498 e. The van der Waals surface area contributed by atoms with E-state index in [9.17, 15) is 0 Å².